The number of ether oxygens (including phenoxy) is 2. The Hall–Kier alpha value is -1.64. The quantitative estimate of drug-likeness (QED) is 0.281. The molecule has 0 aromatic rings. The van der Waals surface area contributed by atoms with E-state index in [2.05, 4.69) is 18.9 Å². The fourth-order valence-corrected chi connectivity index (χ4v) is 2.21. The number of carbonyl (C=O) groups is 2. The second-order valence-corrected chi connectivity index (χ2v) is 6.80. The molecule has 0 heterocycles. The molecule has 0 aliphatic heterocycles. The van der Waals surface area contributed by atoms with Crippen LogP contribution in [0.25, 0.3) is 0 Å². The zero-order valence-corrected chi connectivity index (χ0v) is 14.5. The SMILES string of the molecule is COC(=O)C(C(=O)OC)C(C/C(C)=N/OS(C)(=O)=O)C(C)C. The van der Waals surface area contributed by atoms with Gasteiger partial charge in [0.05, 0.1) is 26.2 Å². The standard InChI is InChI=1S/C13H23NO7S/c1-8(2)10(7-9(3)14-21-22(6,17)18)11(12(15)19-4)13(16)20-5/h8,10-11H,7H2,1-6H3/b14-9+. The lowest BCUT2D eigenvalue weighted by molar-refractivity contribution is -0.162. The minimum absolute atomic E-state index is 0.0772. The zero-order valence-electron chi connectivity index (χ0n) is 13.7. The second kappa shape index (κ2) is 8.72. The summed E-state index contributed by atoms with van der Waals surface area (Å²) in [5.74, 6) is -3.07. The molecule has 0 aliphatic rings. The molecule has 22 heavy (non-hydrogen) atoms. The van der Waals surface area contributed by atoms with E-state index in [1.807, 2.05) is 13.8 Å². The van der Waals surface area contributed by atoms with Gasteiger partial charge in [-0.25, -0.2) is 0 Å². The number of carbonyl (C=O) groups excluding carboxylic acids is 2. The van der Waals surface area contributed by atoms with Crippen molar-refractivity contribution in [2.75, 3.05) is 20.5 Å². The molecule has 1 unspecified atom stereocenters. The van der Waals surface area contributed by atoms with E-state index >= 15 is 0 Å². The number of methoxy groups -OCH3 is 2. The van der Waals surface area contributed by atoms with Crippen LogP contribution in [0.5, 0.6) is 0 Å². The van der Waals surface area contributed by atoms with Crippen molar-refractivity contribution in [3.63, 3.8) is 0 Å². The van der Waals surface area contributed by atoms with Crippen LogP contribution < -0.4 is 0 Å². The highest BCUT2D eigenvalue weighted by Crippen LogP contribution is 2.27. The van der Waals surface area contributed by atoms with Crippen LogP contribution in [0.1, 0.15) is 27.2 Å². The van der Waals surface area contributed by atoms with Gasteiger partial charge in [0.2, 0.25) is 0 Å². The molecule has 0 aromatic heterocycles. The molecule has 0 saturated heterocycles. The van der Waals surface area contributed by atoms with Crippen LogP contribution in [0.3, 0.4) is 0 Å². The molecule has 0 bridgehead atoms. The molecule has 1 atom stereocenters. The molecule has 0 N–H and O–H groups in total. The summed E-state index contributed by atoms with van der Waals surface area (Å²) in [5, 5.41) is 3.49. The Labute approximate surface area is 130 Å². The predicted molar refractivity (Wildman–Crippen MR) is 79.5 cm³/mol. The molecule has 0 spiro atoms. The van der Waals surface area contributed by atoms with Gasteiger partial charge in [0.25, 0.3) is 0 Å². The first-order chi connectivity index (χ1) is 10.0. The van der Waals surface area contributed by atoms with E-state index in [9.17, 15) is 18.0 Å². The van der Waals surface area contributed by atoms with Crippen molar-refractivity contribution in [2.45, 2.75) is 27.2 Å². The van der Waals surface area contributed by atoms with Gasteiger partial charge in [-0.1, -0.05) is 19.0 Å². The largest absolute Gasteiger partial charge is 0.468 e. The van der Waals surface area contributed by atoms with E-state index in [1.165, 1.54) is 14.2 Å². The van der Waals surface area contributed by atoms with E-state index < -0.39 is 33.9 Å². The molecule has 8 nitrogen and oxygen atoms in total. The predicted octanol–water partition coefficient (Wildman–Crippen LogP) is 0.963. The summed E-state index contributed by atoms with van der Waals surface area (Å²) in [6.45, 7) is 5.20. The molecule has 0 saturated carbocycles. The average molecular weight is 337 g/mol. The summed E-state index contributed by atoms with van der Waals surface area (Å²) >= 11 is 0. The summed E-state index contributed by atoms with van der Waals surface area (Å²) in [5.41, 5.74) is 0.335. The van der Waals surface area contributed by atoms with Crippen LogP contribution in [0.15, 0.2) is 5.16 Å². The van der Waals surface area contributed by atoms with E-state index in [0.29, 0.717) is 5.71 Å². The third-order valence-electron chi connectivity index (χ3n) is 3.05. The van der Waals surface area contributed by atoms with Crippen molar-refractivity contribution in [1.82, 2.24) is 0 Å². The highest BCUT2D eigenvalue weighted by Gasteiger charge is 2.38. The molecule has 0 radical (unpaired) electrons. The molecule has 0 aliphatic carbocycles. The van der Waals surface area contributed by atoms with Gasteiger partial charge in [-0.05, 0) is 25.2 Å². The number of rotatable bonds is 8. The molecule has 128 valence electrons. The second-order valence-electron chi connectivity index (χ2n) is 5.24. The summed E-state index contributed by atoms with van der Waals surface area (Å²) in [6, 6.07) is 0. The molecule has 9 heteroatoms. The van der Waals surface area contributed by atoms with E-state index in [1.54, 1.807) is 6.92 Å². The van der Waals surface area contributed by atoms with Gasteiger partial charge in [0.15, 0.2) is 5.92 Å². The maximum atomic E-state index is 11.9. The minimum atomic E-state index is -3.71. The smallest absolute Gasteiger partial charge is 0.325 e. The number of nitrogens with zero attached hydrogens (tertiary/aromatic N) is 1. The van der Waals surface area contributed by atoms with E-state index in [0.717, 1.165) is 6.26 Å². The van der Waals surface area contributed by atoms with Crippen LogP contribution in [0, 0.1) is 17.8 Å². The first kappa shape index (κ1) is 20.4. The lowest BCUT2D eigenvalue weighted by atomic mass is 9.80. The van der Waals surface area contributed by atoms with Crippen molar-refractivity contribution < 1.29 is 31.8 Å². The topological polar surface area (TPSA) is 108 Å². The fraction of sp³-hybridized carbons (Fsp3) is 0.769. The summed E-state index contributed by atoms with van der Waals surface area (Å²) in [7, 11) is -1.34. The number of esters is 2. The summed E-state index contributed by atoms with van der Waals surface area (Å²) in [4.78, 5) is 23.7. The molecule has 0 amide bonds. The van der Waals surface area contributed by atoms with Gasteiger partial charge in [-0.3, -0.25) is 13.9 Å². The van der Waals surface area contributed by atoms with Gasteiger partial charge in [0.1, 0.15) is 0 Å². The zero-order chi connectivity index (χ0) is 17.5. The van der Waals surface area contributed by atoms with Crippen LogP contribution in [-0.4, -0.2) is 46.5 Å². The number of oxime groups is 1. The van der Waals surface area contributed by atoms with Crippen molar-refractivity contribution in [3.05, 3.63) is 0 Å². The van der Waals surface area contributed by atoms with Gasteiger partial charge >= 0.3 is 22.1 Å². The van der Waals surface area contributed by atoms with Gasteiger partial charge in [-0.15, -0.1) is 0 Å². The number of hydrogen-bond donors (Lipinski definition) is 0. The highest BCUT2D eigenvalue weighted by atomic mass is 32.2. The molecule has 0 rings (SSSR count). The third kappa shape index (κ3) is 6.88. The normalized spacial score (nSPS) is 13.9. The lowest BCUT2D eigenvalue weighted by Gasteiger charge is -2.26. The van der Waals surface area contributed by atoms with Crippen molar-refractivity contribution in [1.29, 1.82) is 0 Å². The third-order valence-corrected chi connectivity index (χ3v) is 3.40. The maximum absolute atomic E-state index is 11.9. The summed E-state index contributed by atoms with van der Waals surface area (Å²) < 4.78 is 35.5. The Kier molecular flexibility index (Phi) is 8.07. The molecular formula is C13H23NO7S. The van der Waals surface area contributed by atoms with Crippen LogP contribution in [-0.2, 0) is 33.5 Å². The first-order valence-corrected chi connectivity index (χ1v) is 8.42. The Bertz CT molecular complexity index is 509. The van der Waals surface area contributed by atoms with E-state index in [-0.39, 0.29) is 12.3 Å². The van der Waals surface area contributed by atoms with Gasteiger partial charge in [-0.2, -0.15) is 8.42 Å². The lowest BCUT2D eigenvalue weighted by Crippen LogP contribution is -2.37. The van der Waals surface area contributed by atoms with Crippen LogP contribution >= 0.6 is 0 Å². The van der Waals surface area contributed by atoms with Crippen molar-refractivity contribution in [2.24, 2.45) is 22.9 Å². The summed E-state index contributed by atoms with van der Waals surface area (Å²) in [6.07, 6.45) is 1.05. The fourth-order valence-electron chi connectivity index (χ4n) is 1.95. The Balaban J connectivity index is 5.34. The van der Waals surface area contributed by atoms with Gasteiger partial charge < -0.3 is 9.47 Å². The van der Waals surface area contributed by atoms with Crippen LogP contribution in [0.4, 0.5) is 0 Å². The van der Waals surface area contributed by atoms with Crippen molar-refractivity contribution >= 4 is 27.8 Å². The molecule has 0 fully saturated rings. The first-order valence-electron chi connectivity index (χ1n) is 6.61. The van der Waals surface area contributed by atoms with Crippen molar-refractivity contribution in [3.8, 4) is 0 Å². The minimum Gasteiger partial charge on any atom is -0.468 e. The Morgan fingerprint density at radius 3 is 1.86 bits per heavy atom. The Morgan fingerprint density at radius 2 is 1.55 bits per heavy atom. The maximum Gasteiger partial charge on any atom is 0.325 e. The Morgan fingerprint density at radius 1 is 1.09 bits per heavy atom. The monoisotopic (exact) mass is 337 g/mol. The highest BCUT2D eigenvalue weighted by molar-refractivity contribution is 7.85. The average Bonchev–Trinajstić information content (AvgIpc) is 2.42. The number of hydrogen-bond acceptors (Lipinski definition) is 8. The molecular weight excluding hydrogens is 314 g/mol. The van der Waals surface area contributed by atoms with Gasteiger partial charge in [0, 0.05) is 0 Å². The van der Waals surface area contributed by atoms with Crippen LogP contribution in [0.2, 0.25) is 0 Å². The van der Waals surface area contributed by atoms with E-state index in [4.69, 9.17) is 0 Å². The molecule has 0 aromatic carbocycles.